The molecule has 0 aliphatic carbocycles. The molecule has 0 spiro atoms. The maximum atomic E-state index is 10.7. The fourth-order valence-electron chi connectivity index (χ4n) is 1.37. The Hall–Kier alpha value is -1.77. The van der Waals surface area contributed by atoms with Gasteiger partial charge in [-0.1, -0.05) is 12.1 Å². The van der Waals surface area contributed by atoms with Gasteiger partial charge >= 0.3 is 0 Å². The second kappa shape index (κ2) is 2.94. The third-order valence-electron chi connectivity index (χ3n) is 2.04. The number of rotatable bonds is 1. The quantitative estimate of drug-likeness (QED) is 0.473. The number of aldehydes is 1. The third kappa shape index (κ3) is 1.18. The van der Waals surface area contributed by atoms with Gasteiger partial charge < -0.3 is 0 Å². The molecular formula is C10H9N2O+. The maximum Gasteiger partial charge on any atom is 0.287 e. The molecule has 13 heavy (non-hydrogen) atoms. The fraction of sp³-hybridized carbons (Fsp3) is 0.100. The van der Waals surface area contributed by atoms with Gasteiger partial charge in [-0.3, -0.25) is 4.79 Å². The Kier molecular flexibility index (Phi) is 1.77. The Bertz CT molecular complexity index is 465. The van der Waals surface area contributed by atoms with Crippen LogP contribution in [0.5, 0.6) is 0 Å². The number of para-hydroxylation sites is 1. The van der Waals surface area contributed by atoms with Crippen molar-refractivity contribution < 1.29 is 9.36 Å². The lowest BCUT2D eigenvalue weighted by molar-refractivity contribution is -0.648. The molecule has 0 bridgehead atoms. The molecule has 0 radical (unpaired) electrons. The molecule has 0 amide bonds. The smallest absolute Gasteiger partial charge is 0.287 e. The summed E-state index contributed by atoms with van der Waals surface area (Å²) in [5, 5.41) is 0.891. The molecule has 0 saturated carbocycles. The number of hydrogen-bond acceptors (Lipinski definition) is 2. The zero-order chi connectivity index (χ0) is 9.26. The van der Waals surface area contributed by atoms with E-state index in [0.717, 1.165) is 17.2 Å². The predicted molar refractivity (Wildman–Crippen MR) is 48.3 cm³/mol. The lowest BCUT2D eigenvalue weighted by atomic mass is 10.2. The SMILES string of the molecule is C[n+]1cnc(C=O)c2ccccc21. The average Bonchev–Trinajstić information content (AvgIpc) is 2.19. The number of fused-ring (bicyclic) bond motifs is 1. The summed E-state index contributed by atoms with van der Waals surface area (Å²) in [4.78, 5) is 14.7. The van der Waals surface area contributed by atoms with Crippen LogP contribution in [-0.2, 0) is 7.05 Å². The van der Waals surface area contributed by atoms with E-state index in [1.165, 1.54) is 0 Å². The first-order chi connectivity index (χ1) is 6.33. The van der Waals surface area contributed by atoms with Crippen LogP contribution in [0.1, 0.15) is 10.5 Å². The topological polar surface area (TPSA) is 33.8 Å². The van der Waals surface area contributed by atoms with Gasteiger partial charge in [0, 0.05) is 0 Å². The Balaban J connectivity index is 2.92. The number of carbonyl (C=O) groups excluding carboxylic acids is 1. The summed E-state index contributed by atoms with van der Waals surface area (Å²) in [5.74, 6) is 0. The van der Waals surface area contributed by atoms with Crippen LogP contribution in [0.4, 0.5) is 0 Å². The summed E-state index contributed by atoms with van der Waals surface area (Å²) in [5.41, 5.74) is 1.51. The average molecular weight is 173 g/mol. The lowest BCUT2D eigenvalue weighted by Crippen LogP contribution is -2.29. The van der Waals surface area contributed by atoms with Crippen molar-refractivity contribution in [2.75, 3.05) is 0 Å². The Morgan fingerprint density at radius 1 is 1.38 bits per heavy atom. The minimum Gasteiger partial charge on any atom is -0.294 e. The van der Waals surface area contributed by atoms with E-state index in [9.17, 15) is 4.79 Å². The Labute approximate surface area is 75.7 Å². The molecule has 3 heteroatoms. The van der Waals surface area contributed by atoms with E-state index >= 15 is 0 Å². The van der Waals surface area contributed by atoms with E-state index in [1.807, 2.05) is 35.9 Å². The van der Waals surface area contributed by atoms with Gasteiger partial charge in [0.1, 0.15) is 5.52 Å². The van der Waals surface area contributed by atoms with Gasteiger partial charge in [0.05, 0.1) is 12.4 Å². The first kappa shape index (κ1) is 7.86. The third-order valence-corrected chi connectivity index (χ3v) is 2.04. The van der Waals surface area contributed by atoms with Crippen molar-refractivity contribution in [2.24, 2.45) is 7.05 Å². The van der Waals surface area contributed by atoms with Crippen LogP contribution in [0.3, 0.4) is 0 Å². The lowest BCUT2D eigenvalue weighted by Gasteiger charge is -1.96. The van der Waals surface area contributed by atoms with Crippen molar-refractivity contribution >= 4 is 17.2 Å². The van der Waals surface area contributed by atoms with E-state index in [0.29, 0.717) is 5.69 Å². The van der Waals surface area contributed by atoms with E-state index in [-0.39, 0.29) is 0 Å². The molecule has 0 aliphatic rings. The number of benzene rings is 1. The highest BCUT2D eigenvalue weighted by Crippen LogP contribution is 2.10. The van der Waals surface area contributed by atoms with Crippen molar-refractivity contribution in [1.29, 1.82) is 0 Å². The van der Waals surface area contributed by atoms with Crippen LogP contribution in [0.15, 0.2) is 30.6 Å². The number of carbonyl (C=O) groups is 1. The van der Waals surface area contributed by atoms with Crippen LogP contribution >= 0.6 is 0 Å². The largest absolute Gasteiger partial charge is 0.294 e. The van der Waals surface area contributed by atoms with Crippen molar-refractivity contribution in [2.45, 2.75) is 0 Å². The molecule has 1 aromatic heterocycles. The normalized spacial score (nSPS) is 10.2. The van der Waals surface area contributed by atoms with Crippen molar-refractivity contribution in [3.63, 3.8) is 0 Å². The van der Waals surface area contributed by atoms with Gasteiger partial charge in [-0.2, -0.15) is 0 Å². The monoisotopic (exact) mass is 173 g/mol. The van der Waals surface area contributed by atoms with Gasteiger partial charge in [0.25, 0.3) is 6.33 Å². The molecule has 2 rings (SSSR count). The number of aromatic nitrogens is 2. The Morgan fingerprint density at radius 3 is 2.92 bits per heavy atom. The molecule has 0 saturated heterocycles. The summed E-state index contributed by atoms with van der Waals surface area (Å²) in [6, 6.07) is 7.70. The highest BCUT2D eigenvalue weighted by molar-refractivity contribution is 5.92. The van der Waals surface area contributed by atoms with Gasteiger partial charge in [-0.05, 0) is 17.1 Å². The highest BCUT2D eigenvalue weighted by Gasteiger charge is 2.09. The number of hydrogen-bond donors (Lipinski definition) is 0. The minimum atomic E-state index is 0.494. The standard InChI is InChI=1S/C10H9N2O/c1-12-7-11-9(6-13)8-4-2-3-5-10(8)12/h2-7H,1H3/q+1. The van der Waals surface area contributed by atoms with Gasteiger partial charge in [-0.15, -0.1) is 0 Å². The molecule has 0 N–H and O–H groups in total. The molecule has 3 nitrogen and oxygen atoms in total. The summed E-state index contributed by atoms with van der Waals surface area (Å²) >= 11 is 0. The highest BCUT2D eigenvalue weighted by atomic mass is 16.1. The summed E-state index contributed by atoms with van der Waals surface area (Å²) in [6.45, 7) is 0. The second-order valence-electron chi connectivity index (χ2n) is 2.88. The van der Waals surface area contributed by atoms with Crippen LogP contribution < -0.4 is 4.57 Å². The van der Waals surface area contributed by atoms with Gasteiger partial charge in [0.2, 0.25) is 5.69 Å². The minimum absolute atomic E-state index is 0.494. The molecule has 64 valence electrons. The number of nitrogens with zero attached hydrogens (tertiary/aromatic N) is 2. The van der Waals surface area contributed by atoms with E-state index in [2.05, 4.69) is 4.98 Å². The molecule has 0 aliphatic heterocycles. The maximum absolute atomic E-state index is 10.7. The summed E-state index contributed by atoms with van der Waals surface area (Å²) in [6.07, 6.45) is 2.42. The molecule has 1 heterocycles. The molecule has 1 aromatic carbocycles. The summed E-state index contributed by atoms with van der Waals surface area (Å²) < 4.78 is 1.89. The van der Waals surface area contributed by atoms with Crippen LogP contribution in [-0.4, -0.2) is 11.3 Å². The number of aryl methyl sites for hydroxylation is 1. The molecule has 0 unspecified atom stereocenters. The van der Waals surface area contributed by atoms with Crippen molar-refractivity contribution in [1.82, 2.24) is 4.98 Å². The first-order valence-electron chi connectivity index (χ1n) is 4.01. The molecule has 0 fully saturated rings. The molecular weight excluding hydrogens is 164 g/mol. The van der Waals surface area contributed by atoms with Crippen molar-refractivity contribution in [3.05, 3.63) is 36.3 Å². The first-order valence-corrected chi connectivity index (χ1v) is 4.01. The van der Waals surface area contributed by atoms with Crippen LogP contribution in [0.25, 0.3) is 10.9 Å². The van der Waals surface area contributed by atoms with E-state index in [1.54, 1.807) is 6.33 Å². The van der Waals surface area contributed by atoms with Crippen LogP contribution in [0, 0.1) is 0 Å². The predicted octanol–water partition coefficient (Wildman–Crippen LogP) is 0.872. The van der Waals surface area contributed by atoms with E-state index < -0.39 is 0 Å². The van der Waals surface area contributed by atoms with Crippen molar-refractivity contribution in [3.8, 4) is 0 Å². The second-order valence-corrected chi connectivity index (χ2v) is 2.88. The molecule has 2 aromatic rings. The molecule has 0 atom stereocenters. The van der Waals surface area contributed by atoms with Gasteiger partial charge in [0.15, 0.2) is 6.29 Å². The summed E-state index contributed by atoms with van der Waals surface area (Å²) in [7, 11) is 1.91. The zero-order valence-corrected chi connectivity index (χ0v) is 7.27. The Morgan fingerprint density at radius 2 is 2.15 bits per heavy atom. The zero-order valence-electron chi connectivity index (χ0n) is 7.27. The van der Waals surface area contributed by atoms with Gasteiger partial charge in [-0.25, -0.2) is 4.57 Å². The fourth-order valence-corrected chi connectivity index (χ4v) is 1.37. The van der Waals surface area contributed by atoms with Crippen LogP contribution in [0.2, 0.25) is 0 Å². The van der Waals surface area contributed by atoms with E-state index in [4.69, 9.17) is 0 Å².